The number of hydrogen-bond acceptors (Lipinski definition) is 7. The minimum atomic E-state index is -3.95. The maximum Gasteiger partial charge on any atom is 0.293 e. The first-order chi connectivity index (χ1) is 13.0. The van der Waals surface area contributed by atoms with Crippen LogP contribution in [0.25, 0.3) is 0 Å². The summed E-state index contributed by atoms with van der Waals surface area (Å²) in [6.07, 6.45) is 3.20. The Bertz CT molecular complexity index is 1020. The third-order valence-corrected chi connectivity index (χ3v) is 5.01. The third kappa shape index (κ3) is 4.58. The van der Waals surface area contributed by atoms with Crippen molar-refractivity contribution in [3.05, 3.63) is 71.0 Å². The van der Waals surface area contributed by atoms with Crippen LogP contribution in [-0.4, -0.2) is 34.9 Å². The molecule has 0 atom stereocenters. The number of benzene rings is 2. The third-order valence-electron chi connectivity index (χ3n) is 3.63. The molecule has 0 fully saturated rings. The van der Waals surface area contributed by atoms with E-state index in [2.05, 4.69) is 20.4 Å². The molecular formula is C16H16N6O4S. The number of sulfonamides is 1. The number of nitrogens with zero attached hydrogens (tertiary/aromatic N) is 4. The smallest absolute Gasteiger partial charge is 0.293 e. The number of anilines is 2. The summed E-state index contributed by atoms with van der Waals surface area (Å²) < 4.78 is 28.9. The quantitative estimate of drug-likeness (QED) is 0.446. The highest BCUT2D eigenvalue weighted by Crippen LogP contribution is 2.28. The average molecular weight is 388 g/mol. The molecule has 0 bridgehead atoms. The number of hydrogen-bond donors (Lipinski definition) is 2. The van der Waals surface area contributed by atoms with Crippen molar-refractivity contribution in [2.75, 3.05) is 16.6 Å². The number of nitro benzene ring substituents is 1. The lowest BCUT2D eigenvalue weighted by molar-refractivity contribution is -0.384. The highest BCUT2D eigenvalue weighted by atomic mass is 32.2. The zero-order chi connectivity index (χ0) is 19.3. The van der Waals surface area contributed by atoms with Gasteiger partial charge in [-0.25, -0.2) is 8.42 Å². The van der Waals surface area contributed by atoms with E-state index in [0.717, 1.165) is 6.07 Å². The molecule has 140 valence electrons. The molecule has 0 spiro atoms. The molecule has 0 saturated carbocycles. The van der Waals surface area contributed by atoms with Gasteiger partial charge in [-0.3, -0.25) is 19.5 Å². The van der Waals surface area contributed by atoms with Crippen LogP contribution < -0.4 is 10.0 Å². The van der Waals surface area contributed by atoms with Crippen molar-refractivity contribution >= 4 is 27.1 Å². The number of nitro groups is 1. The van der Waals surface area contributed by atoms with E-state index < -0.39 is 14.9 Å². The van der Waals surface area contributed by atoms with Gasteiger partial charge in [0.2, 0.25) is 0 Å². The summed E-state index contributed by atoms with van der Waals surface area (Å²) in [7, 11) is -3.95. The Morgan fingerprint density at radius 3 is 2.59 bits per heavy atom. The van der Waals surface area contributed by atoms with Crippen LogP contribution >= 0.6 is 0 Å². The Morgan fingerprint density at radius 2 is 1.93 bits per heavy atom. The van der Waals surface area contributed by atoms with Crippen molar-refractivity contribution in [1.29, 1.82) is 0 Å². The molecule has 10 nitrogen and oxygen atoms in total. The topological polar surface area (TPSA) is 132 Å². The Morgan fingerprint density at radius 1 is 1.15 bits per heavy atom. The van der Waals surface area contributed by atoms with Crippen molar-refractivity contribution < 1.29 is 13.3 Å². The van der Waals surface area contributed by atoms with E-state index in [4.69, 9.17) is 0 Å². The van der Waals surface area contributed by atoms with E-state index in [9.17, 15) is 18.5 Å². The predicted molar refractivity (Wildman–Crippen MR) is 98.9 cm³/mol. The lowest BCUT2D eigenvalue weighted by Gasteiger charge is -2.10. The van der Waals surface area contributed by atoms with Crippen LogP contribution in [0, 0.1) is 10.1 Å². The SMILES string of the molecule is O=[N+]([O-])c1cc(S(=O)(=O)Nc2ccccc2)ccc1NCCn1ccnn1. The van der Waals surface area contributed by atoms with Gasteiger partial charge in [0, 0.05) is 24.5 Å². The highest BCUT2D eigenvalue weighted by Gasteiger charge is 2.21. The second kappa shape index (κ2) is 7.83. The van der Waals surface area contributed by atoms with Crippen LogP contribution in [0.3, 0.4) is 0 Å². The van der Waals surface area contributed by atoms with E-state index in [1.54, 1.807) is 41.2 Å². The first-order valence-electron chi connectivity index (χ1n) is 7.90. The molecule has 0 aliphatic rings. The van der Waals surface area contributed by atoms with Crippen molar-refractivity contribution in [3.8, 4) is 0 Å². The second-order valence-electron chi connectivity index (χ2n) is 5.50. The van der Waals surface area contributed by atoms with E-state index >= 15 is 0 Å². The molecule has 0 aliphatic heterocycles. The van der Waals surface area contributed by atoms with Crippen LogP contribution in [0.4, 0.5) is 17.1 Å². The molecule has 0 unspecified atom stereocenters. The Kier molecular flexibility index (Phi) is 5.31. The molecule has 0 saturated heterocycles. The summed E-state index contributed by atoms with van der Waals surface area (Å²) in [4.78, 5) is 10.6. The van der Waals surface area contributed by atoms with Gasteiger partial charge in [0.05, 0.1) is 22.6 Å². The van der Waals surface area contributed by atoms with E-state index in [-0.39, 0.29) is 16.3 Å². The van der Waals surface area contributed by atoms with Gasteiger partial charge in [-0.2, -0.15) is 0 Å². The second-order valence-corrected chi connectivity index (χ2v) is 7.18. The largest absolute Gasteiger partial charge is 0.378 e. The Hall–Kier alpha value is -3.47. The van der Waals surface area contributed by atoms with Crippen LogP contribution in [0.2, 0.25) is 0 Å². The van der Waals surface area contributed by atoms with Gasteiger partial charge in [0.1, 0.15) is 5.69 Å². The van der Waals surface area contributed by atoms with E-state index in [1.807, 2.05) is 0 Å². The number of para-hydroxylation sites is 1. The standard InChI is InChI=1S/C16H16N6O4S/c23-22(24)16-12-14(27(25,26)19-13-4-2-1-3-5-13)6-7-15(16)17-8-10-21-11-9-18-20-21/h1-7,9,11-12,17,19H,8,10H2. The number of aromatic nitrogens is 3. The minimum absolute atomic E-state index is 0.195. The molecule has 2 N–H and O–H groups in total. The van der Waals surface area contributed by atoms with Gasteiger partial charge in [-0.1, -0.05) is 23.4 Å². The first-order valence-corrected chi connectivity index (χ1v) is 9.38. The van der Waals surface area contributed by atoms with E-state index in [0.29, 0.717) is 18.8 Å². The summed E-state index contributed by atoms with van der Waals surface area (Å²) >= 11 is 0. The fourth-order valence-corrected chi connectivity index (χ4v) is 3.43. The maximum absolute atomic E-state index is 12.5. The van der Waals surface area contributed by atoms with Gasteiger partial charge in [0.15, 0.2) is 0 Å². The predicted octanol–water partition coefficient (Wildman–Crippen LogP) is 2.10. The molecule has 27 heavy (non-hydrogen) atoms. The van der Waals surface area contributed by atoms with Crippen LogP contribution in [0.15, 0.2) is 65.8 Å². The Balaban J connectivity index is 1.79. The van der Waals surface area contributed by atoms with Gasteiger partial charge in [-0.05, 0) is 24.3 Å². The molecule has 2 aromatic carbocycles. The van der Waals surface area contributed by atoms with Gasteiger partial charge >= 0.3 is 0 Å². The summed E-state index contributed by atoms with van der Waals surface area (Å²) in [5.74, 6) is 0. The average Bonchev–Trinajstić information content (AvgIpc) is 3.15. The highest BCUT2D eigenvalue weighted by molar-refractivity contribution is 7.92. The summed E-state index contributed by atoms with van der Waals surface area (Å²) in [5.41, 5.74) is 0.262. The maximum atomic E-state index is 12.5. The molecule has 1 aromatic heterocycles. The number of nitrogens with one attached hydrogen (secondary N) is 2. The monoisotopic (exact) mass is 388 g/mol. The van der Waals surface area contributed by atoms with Crippen molar-refractivity contribution in [3.63, 3.8) is 0 Å². The minimum Gasteiger partial charge on any atom is -0.378 e. The molecule has 3 rings (SSSR count). The van der Waals surface area contributed by atoms with Crippen molar-refractivity contribution in [1.82, 2.24) is 15.0 Å². The fraction of sp³-hybridized carbons (Fsp3) is 0.125. The normalized spacial score (nSPS) is 11.1. The molecule has 11 heteroatoms. The van der Waals surface area contributed by atoms with Crippen LogP contribution in [0.5, 0.6) is 0 Å². The Labute approximate surface area is 155 Å². The zero-order valence-electron chi connectivity index (χ0n) is 14.0. The van der Waals surface area contributed by atoms with E-state index in [1.165, 1.54) is 18.3 Å². The van der Waals surface area contributed by atoms with Crippen LogP contribution in [-0.2, 0) is 16.6 Å². The molecular weight excluding hydrogens is 372 g/mol. The molecule has 1 heterocycles. The molecule has 3 aromatic rings. The van der Waals surface area contributed by atoms with Gasteiger partial charge in [-0.15, -0.1) is 5.10 Å². The molecule has 0 radical (unpaired) electrons. The van der Waals surface area contributed by atoms with Gasteiger partial charge in [0.25, 0.3) is 15.7 Å². The molecule has 0 aliphatic carbocycles. The lowest BCUT2D eigenvalue weighted by Crippen LogP contribution is -2.15. The summed E-state index contributed by atoms with van der Waals surface area (Å²) in [6.45, 7) is 0.811. The van der Waals surface area contributed by atoms with Crippen LogP contribution in [0.1, 0.15) is 0 Å². The zero-order valence-corrected chi connectivity index (χ0v) is 14.8. The van der Waals surface area contributed by atoms with Crippen molar-refractivity contribution in [2.24, 2.45) is 0 Å². The number of rotatable bonds is 8. The molecule has 0 amide bonds. The lowest BCUT2D eigenvalue weighted by atomic mass is 10.2. The van der Waals surface area contributed by atoms with Crippen molar-refractivity contribution in [2.45, 2.75) is 11.4 Å². The first kappa shape index (κ1) is 18.3. The fourth-order valence-electron chi connectivity index (χ4n) is 2.36. The summed E-state index contributed by atoms with van der Waals surface area (Å²) in [6, 6.07) is 12.0. The summed E-state index contributed by atoms with van der Waals surface area (Å²) in [5, 5.41) is 21.8. The van der Waals surface area contributed by atoms with Gasteiger partial charge < -0.3 is 5.32 Å².